The fourth-order valence-corrected chi connectivity index (χ4v) is 4.31. The fourth-order valence-electron chi connectivity index (χ4n) is 3.68. The molecule has 7 heteroatoms. The number of benzene rings is 4. The highest BCUT2D eigenvalue weighted by Crippen LogP contribution is 2.37. The number of aromatic nitrogens is 1. The predicted octanol–water partition coefficient (Wildman–Crippen LogP) is 8.14. The Labute approximate surface area is 200 Å². The van der Waals surface area contributed by atoms with Crippen molar-refractivity contribution in [2.75, 3.05) is 0 Å². The van der Waals surface area contributed by atoms with E-state index in [0.717, 1.165) is 30.8 Å². The van der Waals surface area contributed by atoms with Crippen molar-refractivity contribution in [1.82, 2.24) is 4.98 Å². The van der Waals surface area contributed by atoms with Gasteiger partial charge in [0.2, 0.25) is 5.88 Å². The summed E-state index contributed by atoms with van der Waals surface area (Å²) in [5, 5.41) is 20.7. The van der Waals surface area contributed by atoms with Crippen LogP contribution in [0.2, 0.25) is 0 Å². The number of carbonyl (C=O) groups is 1. The van der Waals surface area contributed by atoms with Gasteiger partial charge in [0.15, 0.2) is 5.69 Å². The second-order valence-corrected chi connectivity index (χ2v) is 9.10. The summed E-state index contributed by atoms with van der Waals surface area (Å²) < 4.78 is 1.82. The molecule has 0 bridgehead atoms. The maximum absolute atomic E-state index is 13.1. The zero-order valence-electron chi connectivity index (χ0n) is 16.5. The van der Waals surface area contributed by atoms with E-state index in [1.54, 1.807) is 0 Å². The van der Waals surface area contributed by atoms with Crippen LogP contribution in [-0.4, -0.2) is 16.0 Å². The second-order valence-electron chi connectivity index (χ2n) is 7.27. The average molecular weight is 549 g/mol. The summed E-state index contributed by atoms with van der Waals surface area (Å²) >= 11 is 6.87. The summed E-state index contributed by atoms with van der Waals surface area (Å²) in [5.41, 5.74) is 3.28. The van der Waals surface area contributed by atoms with Crippen molar-refractivity contribution >= 4 is 65.1 Å². The number of azo groups is 1. The number of H-pyrrole nitrogens is 1. The number of nitrogens with one attached hydrogen (secondary N) is 1. The molecule has 32 heavy (non-hydrogen) atoms. The normalized spacial score (nSPS) is 11.6. The van der Waals surface area contributed by atoms with Gasteiger partial charge in [0.05, 0.1) is 11.1 Å². The average Bonchev–Trinajstić information content (AvgIpc) is 3.11. The SMILES string of the molecule is O=C(N=Nc1c(O)[nH]c2ccc(Br)cc12)c1cc(-c2ccc(Br)cc2)cc2ccccc12. The number of carbonyl (C=O) groups excluding carboxylic acids is 1. The van der Waals surface area contributed by atoms with Gasteiger partial charge in [0.1, 0.15) is 0 Å². The molecule has 5 aromatic rings. The number of fused-ring (bicyclic) bond motifs is 2. The molecule has 0 fully saturated rings. The van der Waals surface area contributed by atoms with Crippen LogP contribution < -0.4 is 0 Å². The molecule has 1 aromatic heterocycles. The summed E-state index contributed by atoms with van der Waals surface area (Å²) in [4.78, 5) is 16.0. The summed E-state index contributed by atoms with van der Waals surface area (Å²) in [6, 6.07) is 25.0. The number of rotatable bonds is 3. The van der Waals surface area contributed by atoms with E-state index in [0.29, 0.717) is 16.5 Å². The van der Waals surface area contributed by atoms with E-state index >= 15 is 0 Å². The number of hydrogen-bond acceptors (Lipinski definition) is 3. The Balaban J connectivity index is 1.60. The maximum Gasteiger partial charge on any atom is 0.296 e. The van der Waals surface area contributed by atoms with E-state index in [1.807, 2.05) is 72.8 Å². The van der Waals surface area contributed by atoms with Crippen LogP contribution in [0, 0.1) is 0 Å². The summed E-state index contributed by atoms with van der Waals surface area (Å²) in [6.45, 7) is 0. The van der Waals surface area contributed by atoms with Crippen molar-refractivity contribution in [3.8, 4) is 17.0 Å². The lowest BCUT2D eigenvalue weighted by molar-refractivity contribution is 0.0996. The first kappa shape index (κ1) is 20.6. The maximum atomic E-state index is 13.1. The molecule has 2 N–H and O–H groups in total. The van der Waals surface area contributed by atoms with E-state index in [4.69, 9.17) is 0 Å². The minimum absolute atomic E-state index is 0.136. The lowest BCUT2D eigenvalue weighted by Crippen LogP contribution is -1.96. The molecule has 5 nitrogen and oxygen atoms in total. The summed E-state index contributed by atoms with van der Waals surface area (Å²) in [7, 11) is 0. The van der Waals surface area contributed by atoms with Gasteiger partial charge >= 0.3 is 0 Å². The molecule has 0 aliphatic heterocycles. The van der Waals surface area contributed by atoms with E-state index in [1.165, 1.54) is 0 Å². The zero-order valence-corrected chi connectivity index (χ0v) is 19.7. The van der Waals surface area contributed by atoms with Gasteiger partial charge in [-0.25, -0.2) is 0 Å². The number of nitrogens with zero attached hydrogens (tertiary/aromatic N) is 2. The minimum atomic E-state index is -0.482. The van der Waals surface area contributed by atoms with Gasteiger partial charge in [-0.15, -0.1) is 10.2 Å². The van der Waals surface area contributed by atoms with Crippen LogP contribution >= 0.6 is 31.9 Å². The zero-order chi connectivity index (χ0) is 22.2. The van der Waals surface area contributed by atoms with Crippen LogP contribution in [0.4, 0.5) is 5.69 Å². The van der Waals surface area contributed by atoms with Crippen LogP contribution in [0.5, 0.6) is 5.88 Å². The quantitative estimate of drug-likeness (QED) is 0.223. The molecule has 156 valence electrons. The van der Waals surface area contributed by atoms with E-state index in [-0.39, 0.29) is 11.6 Å². The molecule has 0 saturated heterocycles. The smallest absolute Gasteiger partial charge is 0.296 e. The Hall–Kier alpha value is -3.29. The number of hydrogen-bond donors (Lipinski definition) is 2. The first-order valence-corrected chi connectivity index (χ1v) is 11.3. The van der Waals surface area contributed by atoms with Crippen molar-refractivity contribution in [1.29, 1.82) is 0 Å². The molecule has 0 spiro atoms. The van der Waals surface area contributed by atoms with Crippen molar-refractivity contribution in [3.05, 3.63) is 93.4 Å². The van der Waals surface area contributed by atoms with Crippen molar-refractivity contribution in [2.45, 2.75) is 0 Å². The molecule has 0 atom stereocenters. The Morgan fingerprint density at radius 3 is 2.38 bits per heavy atom. The van der Waals surface area contributed by atoms with Gasteiger partial charge < -0.3 is 10.1 Å². The lowest BCUT2D eigenvalue weighted by Gasteiger charge is -2.08. The van der Waals surface area contributed by atoms with Crippen LogP contribution in [-0.2, 0) is 0 Å². The molecule has 4 aromatic carbocycles. The van der Waals surface area contributed by atoms with E-state index in [9.17, 15) is 9.90 Å². The Morgan fingerprint density at radius 1 is 0.812 bits per heavy atom. The molecule has 1 amide bonds. The van der Waals surface area contributed by atoms with Gasteiger partial charge in [-0.1, -0.05) is 68.3 Å². The number of amides is 1. The van der Waals surface area contributed by atoms with Crippen molar-refractivity contribution in [3.63, 3.8) is 0 Å². The molecule has 0 unspecified atom stereocenters. The molecule has 0 radical (unpaired) electrons. The lowest BCUT2D eigenvalue weighted by atomic mass is 9.96. The highest BCUT2D eigenvalue weighted by molar-refractivity contribution is 9.10. The van der Waals surface area contributed by atoms with E-state index < -0.39 is 5.91 Å². The third kappa shape index (κ3) is 3.85. The van der Waals surface area contributed by atoms with Crippen LogP contribution in [0.3, 0.4) is 0 Å². The third-order valence-corrected chi connectivity index (χ3v) is 6.25. The molecule has 0 aliphatic carbocycles. The van der Waals surface area contributed by atoms with Crippen LogP contribution in [0.15, 0.2) is 98.0 Å². The standard InChI is InChI=1S/C25H15Br2N3O2/c26-17-7-5-14(6-8-17)16-11-15-3-1-2-4-19(15)20(12-16)24(31)30-29-23-21-13-18(27)9-10-22(21)28-25(23)32/h1-13,28,32H. The number of aromatic amines is 1. The molecule has 0 saturated carbocycles. The third-order valence-electron chi connectivity index (χ3n) is 5.22. The van der Waals surface area contributed by atoms with Crippen molar-refractivity contribution < 1.29 is 9.90 Å². The fraction of sp³-hybridized carbons (Fsp3) is 0. The first-order chi connectivity index (χ1) is 15.5. The van der Waals surface area contributed by atoms with Crippen LogP contribution in [0.25, 0.3) is 32.8 Å². The predicted molar refractivity (Wildman–Crippen MR) is 134 cm³/mol. The Bertz CT molecular complexity index is 1520. The monoisotopic (exact) mass is 547 g/mol. The topological polar surface area (TPSA) is 77.8 Å². The Kier molecular flexibility index (Phi) is 5.36. The highest BCUT2D eigenvalue weighted by Gasteiger charge is 2.15. The van der Waals surface area contributed by atoms with E-state index in [2.05, 4.69) is 53.1 Å². The Morgan fingerprint density at radius 2 is 1.56 bits per heavy atom. The molecular weight excluding hydrogens is 534 g/mol. The molecule has 5 rings (SSSR count). The number of aromatic hydroxyl groups is 1. The first-order valence-electron chi connectivity index (χ1n) is 9.74. The highest BCUT2D eigenvalue weighted by atomic mass is 79.9. The van der Waals surface area contributed by atoms with Gasteiger partial charge in [-0.05, 0) is 64.4 Å². The molecule has 1 heterocycles. The largest absolute Gasteiger partial charge is 0.493 e. The van der Waals surface area contributed by atoms with Gasteiger partial charge in [0.25, 0.3) is 5.91 Å². The number of halogens is 2. The van der Waals surface area contributed by atoms with Gasteiger partial charge in [0, 0.05) is 14.3 Å². The molecule has 0 aliphatic rings. The van der Waals surface area contributed by atoms with Crippen LogP contribution in [0.1, 0.15) is 10.4 Å². The second kappa shape index (κ2) is 8.33. The van der Waals surface area contributed by atoms with Gasteiger partial charge in [-0.2, -0.15) is 0 Å². The summed E-state index contributed by atoms with van der Waals surface area (Å²) in [6.07, 6.45) is 0. The summed E-state index contributed by atoms with van der Waals surface area (Å²) in [5.74, 6) is -0.618. The molecular formula is C25H15Br2N3O2. The minimum Gasteiger partial charge on any atom is -0.493 e. The van der Waals surface area contributed by atoms with Gasteiger partial charge in [-0.3, -0.25) is 4.79 Å². The van der Waals surface area contributed by atoms with Crippen molar-refractivity contribution in [2.24, 2.45) is 10.2 Å².